The van der Waals surface area contributed by atoms with Gasteiger partial charge in [0, 0.05) is 23.9 Å². The van der Waals surface area contributed by atoms with E-state index in [1.807, 2.05) is 0 Å². The van der Waals surface area contributed by atoms with E-state index in [0.717, 1.165) is 23.5 Å². The zero-order valence-corrected chi connectivity index (χ0v) is 12.1. The summed E-state index contributed by atoms with van der Waals surface area (Å²) in [6.07, 6.45) is -4.67. The Hall–Kier alpha value is -2.00. The Morgan fingerprint density at radius 2 is 2.05 bits per heavy atom. The van der Waals surface area contributed by atoms with Gasteiger partial charge in [-0.05, 0) is 18.2 Å². The molecular formula is C13H11F4N3OS. The first-order valence-electron chi connectivity index (χ1n) is 6.06. The van der Waals surface area contributed by atoms with Crippen molar-refractivity contribution in [1.29, 1.82) is 0 Å². The Balaban J connectivity index is 2.53. The van der Waals surface area contributed by atoms with Crippen LogP contribution in [0.1, 0.15) is 17.4 Å². The van der Waals surface area contributed by atoms with Gasteiger partial charge >= 0.3 is 6.18 Å². The number of halogens is 4. The zero-order valence-electron chi connectivity index (χ0n) is 11.3. The van der Waals surface area contributed by atoms with Crippen molar-refractivity contribution in [1.82, 2.24) is 4.98 Å². The highest BCUT2D eigenvalue weighted by molar-refractivity contribution is 7.16. The summed E-state index contributed by atoms with van der Waals surface area (Å²) in [5.41, 5.74) is 4.51. The minimum Gasteiger partial charge on any atom is -0.326 e. The number of alkyl halides is 3. The van der Waals surface area contributed by atoms with E-state index in [0.29, 0.717) is 10.9 Å². The highest BCUT2D eigenvalue weighted by atomic mass is 32.1. The quantitative estimate of drug-likeness (QED) is 0.846. The van der Waals surface area contributed by atoms with E-state index in [1.54, 1.807) is 0 Å². The fourth-order valence-electron chi connectivity index (χ4n) is 1.81. The van der Waals surface area contributed by atoms with Crippen LogP contribution in [0.25, 0.3) is 11.3 Å². The molecule has 0 saturated heterocycles. The Labute approximate surface area is 127 Å². The number of nitrogens with zero attached hydrogens (tertiary/aromatic N) is 1. The van der Waals surface area contributed by atoms with E-state index in [1.165, 1.54) is 6.92 Å². The molecule has 2 aromatic rings. The Kier molecular flexibility index (Phi) is 4.47. The fourth-order valence-corrected chi connectivity index (χ4v) is 2.72. The van der Waals surface area contributed by atoms with Crippen LogP contribution in [0.5, 0.6) is 0 Å². The van der Waals surface area contributed by atoms with E-state index >= 15 is 0 Å². The first-order valence-corrected chi connectivity index (χ1v) is 6.88. The molecule has 0 spiro atoms. The van der Waals surface area contributed by atoms with E-state index < -0.39 is 17.6 Å². The second-order valence-corrected chi connectivity index (χ2v) is 5.49. The molecule has 118 valence electrons. The molecule has 1 amide bonds. The summed E-state index contributed by atoms with van der Waals surface area (Å²) in [7, 11) is 0. The number of hydrogen-bond acceptors (Lipinski definition) is 4. The van der Waals surface area contributed by atoms with E-state index in [4.69, 9.17) is 5.73 Å². The second-order valence-electron chi connectivity index (χ2n) is 4.40. The third-order valence-corrected chi connectivity index (χ3v) is 3.66. The lowest BCUT2D eigenvalue weighted by atomic mass is 10.1. The smallest absolute Gasteiger partial charge is 0.326 e. The zero-order chi connectivity index (χ0) is 16.5. The van der Waals surface area contributed by atoms with Gasteiger partial charge in [-0.2, -0.15) is 13.2 Å². The molecule has 1 aromatic heterocycles. The van der Waals surface area contributed by atoms with Gasteiger partial charge in [-0.1, -0.05) is 11.3 Å². The van der Waals surface area contributed by atoms with Gasteiger partial charge in [0.05, 0.1) is 11.3 Å². The van der Waals surface area contributed by atoms with Crippen molar-refractivity contribution in [3.05, 3.63) is 34.5 Å². The molecule has 0 aliphatic rings. The molecule has 0 aliphatic heterocycles. The number of rotatable bonds is 3. The maximum absolute atomic E-state index is 13.5. The molecule has 0 saturated carbocycles. The molecule has 0 fully saturated rings. The van der Waals surface area contributed by atoms with E-state index in [2.05, 4.69) is 10.3 Å². The lowest BCUT2D eigenvalue weighted by molar-refractivity contribution is -0.137. The SMILES string of the molecule is CC(=O)Nc1nc(-c2cc(F)cc(C(F)(F)F)c2)c(CN)s1. The molecule has 0 unspecified atom stereocenters. The number of benzene rings is 1. The van der Waals surface area contributed by atoms with Crippen LogP contribution < -0.4 is 11.1 Å². The van der Waals surface area contributed by atoms with Crippen molar-refractivity contribution in [3.8, 4) is 11.3 Å². The van der Waals surface area contributed by atoms with Crippen LogP contribution in [-0.2, 0) is 17.5 Å². The Bertz CT molecular complexity index is 712. The minimum atomic E-state index is -4.67. The minimum absolute atomic E-state index is 0.00441. The van der Waals surface area contributed by atoms with Gasteiger partial charge in [0.15, 0.2) is 5.13 Å². The van der Waals surface area contributed by atoms with Gasteiger partial charge in [0.1, 0.15) is 5.82 Å². The monoisotopic (exact) mass is 333 g/mol. The molecule has 0 aliphatic carbocycles. The van der Waals surface area contributed by atoms with E-state index in [9.17, 15) is 22.4 Å². The average molecular weight is 333 g/mol. The Morgan fingerprint density at radius 1 is 1.36 bits per heavy atom. The fraction of sp³-hybridized carbons (Fsp3) is 0.231. The first kappa shape index (κ1) is 16.4. The van der Waals surface area contributed by atoms with Gasteiger partial charge in [0.2, 0.25) is 5.91 Å². The largest absolute Gasteiger partial charge is 0.416 e. The number of nitrogens with one attached hydrogen (secondary N) is 1. The molecule has 0 bridgehead atoms. The molecule has 0 atom stereocenters. The van der Waals surface area contributed by atoms with Crippen LogP contribution in [0.2, 0.25) is 0 Å². The van der Waals surface area contributed by atoms with Crippen LogP contribution in [-0.4, -0.2) is 10.9 Å². The van der Waals surface area contributed by atoms with Gasteiger partial charge < -0.3 is 11.1 Å². The summed E-state index contributed by atoms with van der Waals surface area (Å²) in [4.78, 5) is 15.5. The van der Waals surface area contributed by atoms with Gasteiger partial charge in [-0.3, -0.25) is 4.79 Å². The Morgan fingerprint density at radius 3 is 2.59 bits per heavy atom. The molecule has 1 heterocycles. The summed E-state index contributed by atoms with van der Waals surface area (Å²) in [5.74, 6) is -1.40. The number of anilines is 1. The van der Waals surface area contributed by atoms with Crippen LogP contribution in [0.4, 0.5) is 22.7 Å². The van der Waals surface area contributed by atoms with Gasteiger partial charge in [0.25, 0.3) is 0 Å². The third-order valence-electron chi connectivity index (χ3n) is 2.66. The maximum Gasteiger partial charge on any atom is 0.416 e. The number of carbonyl (C=O) groups is 1. The van der Waals surface area contributed by atoms with Crippen molar-refractivity contribution in [2.45, 2.75) is 19.6 Å². The molecule has 1 aromatic carbocycles. The van der Waals surface area contributed by atoms with Crippen molar-refractivity contribution in [3.63, 3.8) is 0 Å². The standard InChI is InChI=1S/C13H11F4N3OS/c1-6(21)19-12-20-11(10(5-18)22-12)7-2-8(13(15,16)17)4-9(14)3-7/h2-4H,5,18H2,1H3,(H,19,20,21). The average Bonchev–Trinajstić information content (AvgIpc) is 2.79. The molecule has 22 heavy (non-hydrogen) atoms. The van der Waals surface area contributed by atoms with Crippen LogP contribution in [0.3, 0.4) is 0 Å². The number of amides is 1. The highest BCUT2D eigenvalue weighted by Crippen LogP contribution is 2.36. The first-order chi connectivity index (χ1) is 10.2. The number of nitrogens with two attached hydrogens (primary N) is 1. The van der Waals surface area contributed by atoms with Crippen LogP contribution >= 0.6 is 11.3 Å². The van der Waals surface area contributed by atoms with Crippen molar-refractivity contribution in [2.24, 2.45) is 5.73 Å². The lowest BCUT2D eigenvalue weighted by Gasteiger charge is -2.09. The summed E-state index contributed by atoms with van der Waals surface area (Å²) < 4.78 is 51.7. The number of hydrogen-bond donors (Lipinski definition) is 2. The number of aromatic nitrogens is 1. The predicted molar refractivity (Wildman–Crippen MR) is 74.7 cm³/mol. The third kappa shape index (κ3) is 3.60. The van der Waals surface area contributed by atoms with Crippen molar-refractivity contribution in [2.75, 3.05) is 5.32 Å². The van der Waals surface area contributed by atoms with E-state index in [-0.39, 0.29) is 28.8 Å². The normalized spacial score (nSPS) is 11.5. The number of thiazole rings is 1. The molecule has 3 N–H and O–H groups in total. The molecular weight excluding hydrogens is 322 g/mol. The van der Waals surface area contributed by atoms with Crippen molar-refractivity contribution >= 4 is 22.4 Å². The molecule has 0 radical (unpaired) electrons. The van der Waals surface area contributed by atoms with Crippen LogP contribution in [0, 0.1) is 5.82 Å². The molecule has 2 rings (SSSR count). The second kappa shape index (κ2) is 6.01. The van der Waals surface area contributed by atoms with Crippen molar-refractivity contribution < 1.29 is 22.4 Å². The summed E-state index contributed by atoms with van der Waals surface area (Å²) in [6, 6.07) is 2.16. The molecule has 4 nitrogen and oxygen atoms in total. The number of carbonyl (C=O) groups excluding carboxylic acids is 1. The molecule has 9 heteroatoms. The summed E-state index contributed by atoms with van der Waals surface area (Å²) >= 11 is 1.03. The maximum atomic E-state index is 13.5. The topological polar surface area (TPSA) is 68.0 Å². The predicted octanol–water partition coefficient (Wildman–Crippen LogP) is 3.39. The van der Waals surface area contributed by atoms with Gasteiger partial charge in [-0.25, -0.2) is 9.37 Å². The summed E-state index contributed by atoms with van der Waals surface area (Å²) in [5, 5.41) is 2.62. The highest BCUT2D eigenvalue weighted by Gasteiger charge is 2.32. The van der Waals surface area contributed by atoms with Gasteiger partial charge in [-0.15, -0.1) is 0 Å². The lowest BCUT2D eigenvalue weighted by Crippen LogP contribution is -2.06. The van der Waals surface area contributed by atoms with Crippen LogP contribution in [0.15, 0.2) is 18.2 Å². The summed E-state index contributed by atoms with van der Waals surface area (Å²) in [6.45, 7) is 1.28.